The van der Waals surface area contributed by atoms with E-state index in [0.717, 1.165) is 6.54 Å². The first kappa shape index (κ1) is 11.0. The highest BCUT2D eigenvalue weighted by Gasteiger charge is 2.21. The van der Waals surface area contributed by atoms with Crippen LogP contribution in [0.15, 0.2) is 0 Å². The first-order valence-corrected chi connectivity index (χ1v) is 5.61. The summed E-state index contributed by atoms with van der Waals surface area (Å²) in [4.78, 5) is 0. The Bertz CT molecular complexity index is 138. The molecule has 1 fully saturated rings. The molecule has 3 atom stereocenters. The van der Waals surface area contributed by atoms with Crippen molar-refractivity contribution < 1.29 is 4.74 Å². The fraction of sp³-hybridized carbons (Fsp3) is 1.00. The first-order valence-electron chi connectivity index (χ1n) is 5.61. The number of hydrogen-bond acceptors (Lipinski definition) is 2. The van der Waals surface area contributed by atoms with E-state index in [-0.39, 0.29) is 0 Å². The highest BCUT2D eigenvalue weighted by molar-refractivity contribution is 4.73. The number of ether oxygens (including phenoxy) is 1. The van der Waals surface area contributed by atoms with Crippen molar-refractivity contribution in [3.8, 4) is 0 Å². The summed E-state index contributed by atoms with van der Waals surface area (Å²) in [5, 5.41) is 3.52. The molecule has 2 heteroatoms. The van der Waals surface area contributed by atoms with Gasteiger partial charge < -0.3 is 10.1 Å². The Morgan fingerprint density at radius 2 is 2.23 bits per heavy atom. The molecule has 1 rings (SSSR count). The van der Waals surface area contributed by atoms with Crippen LogP contribution in [0, 0.1) is 0 Å². The fourth-order valence-electron chi connectivity index (χ4n) is 1.90. The maximum absolute atomic E-state index is 5.73. The number of nitrogens with one attached hydrogen (secondary N) is 1. The lowest BCUT2D eigenvalue weighted by Gasteiger charge is -2.16. The molecule has 0 amide bonds. The summed E-state index contributed by atoms with van der Waals surface area (Å²) in [5.41, 5.74) is 0. The molecule has 1 aliphatic heterocycles. The third-order valence-electron chi connectivity index (χ3n) is 2.74. The summed E-state index contributed by atoms with van der Waals surface area (Å²) < 4.78 is 5.73. The van der Waals surface area contributed by atoms with E-state index in [1.807, 2.05) is 0 Å². The lowest BCUT2D eigenvalue weighted by Crippen LogP contribution is -2.33. The maximum Gasteiger partial charge on any atom is 0.0704 e. The van der Waals surface area contributed by atoms with Crippen LogP contribution in [0.5, 0.6) is 0 Å². The Labute approximate surface area is 82.0 Å². The van der Waals surface area contributed by atoms with Crippen molar-refractivity contribution in [1.82, 2.24) is 5.32 Å². The Morgan fingerprint density at radius 3 is 2.77 bits per heavy atom. The van der Waals surface area contributed by atoms with Gasteiger partial charge in [0.2, 0.25) is 0 Å². The predicted molar refractivity (Wildman–Crippen MR) is 55.9 cm³/mol. The Hall–Kier alpha value is -0.0800. The minimum absolute atomic E-state index is 0.467. The molecule has 0 aliphatic carbocycles. The third kappa shape index (κ3) is 4.10. The van der Waals surface area contributed by atoms with Crippen LogP contribution in [0.3, 0.4) is 0 Å². The normalized spacial score (nSPS) is 30.7. The summed E-state index contributed by atoms with van der Waals surface area (Å²) in [6, 6.07) is 0.643. The van der Waals surface area contributed by atoms with E-state index in [1.165, 1.54) is 25.7 Å². The van der Waals surface area contributed by atoms with Gasteiger partial charge in [0.25, 0.3) is 0 Å². The molecule has 3 unspecified atom stereocenters. The summed E-state index contributed by atoms with van der Waals surface area (Å²) in [6.07, 6.45) is 5.93. The maximum atomic E-state index is 5.73. The highest BCUT2D eigenvalue weighted by Crippen LogP contribution is 2.18. The lowest BCUT2D eigenvalue weighted by molar-refractivity contribution is 0.0545. The second-order valence-electron chi connectivity index (χ2n) is 4.24. The molecule has 1 saturated heterocycles. The molecule has 1 aliphatic rings. The van der Waals surface area contributed by atoms with Gasteiger partial charge in [-0.25, -0.2) is 0 Å². The van der Waals surface area contributed by atoms with Crippen LogP contribution < -0.4 is 5.32 Å². The molecule has 78 valence electrons. The summed E-state index contributed by atoms with van der Waals surface area (Å²) in [7, 11) is 0. The molecule has 2 nitrogen and oxygen atoms in total. The van der Waals surface area contributed by atoms with Gasteiger partial charge in [-0.05, 0) is 33.1 Å². The van der Waals surface area contributed by atoms with Gasteiger partial charge in [0, 0.05) is 12.6 Å². The van der Waals surface area contributed by atoms with Crippen molar-refractivity contribution in [3.05, 3.63) is 0 Å². The van der Waals surface area contributed by atoms with Gasteiger partial charge >= 0.3 is 0 Å². The molecule has 0 radical (unpaired) electrons. The molecular weight excluding hydrogens is 162 g/mol. The van der Waals surface area contributed by atoms with E-state index in [0.29, 0.717) is 18.2 Å². The van der Waals surface area contributed by atoms with E-state index in [2.05, 4.69) is 26.1 Å². The van der Waals surface area contributed by atoms with Crippen LogP contribution in [0.2, 0.25) is 0 Å². The fourth-order valence-corrected chi connectivity index (χ4v) is 1.90. The first-order chi connectivity index (χ1) is 6.22. The minimum Gasteiger partial charge on any atom is -0.374 e. The van der Waals surface area contributed by atoms with E-state index < -0.39 is 0 Å². The molecule has 0 aromatic heterocycles. The van der Waals surface area contributed by atoms with Crippen LogP contribution in [0.1, 0.15) is 46.5 Å². The standard InChI is InChI=1S/C11H23NO/c1-4-5-9(2)12-8-11-7-6-10(3)13-11/h9-12H,4-8H2,1-3H3. The largest absolute Gasteiger partial charge is 0.374 e. The monoisotopic (exact) mass is 185 g/mol. The van der Waals surface area contributed by atoms with Crippen molar-refractivity contribution in [2.45, 2.75) is 64.7 Å². The van der Waals surface area contributed by atoms with Gasteiger partial charge in [0.1, 0.15) is 0 Å². The molecule has 0 aromatic carbocycles. The summed E-state index contributed by atoms with van der Waals surface area (Å²) >= 11 is 0. The van der Waals surface area contributed by atoms with E-state index in [1.54, 1.807) is 0 Å². The van der Waals surface area contributed by atoms with Gasteiger partial charge in [0.15, 0.2) is 0 Å². The van der Waals surface area contributed by atoms with Crippen LogP contribution in [0.25, 0.3) is 0 Å². The number of rotatable bonds is 5. The zero-order valence-electron chi connectivity index (χ0n) is 9.18. The molecule has 1 heterocycles. The zero-order valence-corrected chi connectivity index (χ0v) is 9.18. The summed E-state index contributed by atoms with van der Waals surface area (Å²) in [6.45, 7) is 7.68. The van der Waals surface area contributed by atoms with Gasteiger partial charge in [-0.2, -0.15) is 0 Å². The molecule has 0 aromatic rings. The van der Waals surface area contributed by atoms with Crippen LogP contribution in [-0.2, 0) is 4.74 Å². The van der Waals surface area contributed by atoms with Gasteiger partial charge in [-0.15, -0.1) is 0 Å². The molecule has 13 heavy (non-hydrogen) atoms. The summed E-state index contributed by atoms with van der Waals surface area (Å²) in [5.74, 6) is 0. The van der Waals surface area contributed by atoms with Crippen molar-refractivity contribution in [3.63, 3.8) is 0 Å². The van der Waals surface area contributed by atoms with Gasteiger partial charge in [-0.3, -0.25) is 0 Å². The molecule has 0 saturated carbocycles. The Kier molecular flexibility index (Phi) is 4.74. The topological polar surface area (TPSA) is 21.3 Å². The van der Waals surface area contributed by atoms with Gasteiger partial charge in [0.05, 0.1) is 12.2 Å². The van der Waals surface area contributed by atoms with Crippen molar-refractivity contribution in [1.29, 1.82) is 0 Å². The van der Waals surface area contributed by atoms with Crippen molar-refractivity contribution in [2.75, 3.05) is 6.54 Å². The van der Waals surface area contributed by atoms with E-state index in [4.69, 9.17) is 4.74 Å². The SMILES string of the molecule is CCCC(C)NCC1CCC(C)O1. The number of hydrogen-bond donors (Lipinski definition) is 1. The molecule has 0 spiro atoms. The van der Waals surface area contributed by atoms with Crippen LogP contribution >= 0.6 is 0 Å². The van der Waals surface area contributed by atoms with Crippen molar-refractivity contribution >= 4 is 0 Å². The molecule has 0 bridgehead atoms. The second-order valence-corrected chi connectivity index (χ2v) is 4.24. The quantitative estimate of drug-likeness (QED) is 0.710. The lowest BCUT2D eigenvalue weighted by atomic mass is 10.1. The Balaban J connectivity index is 2.05. The van der Waals surface area contributed by atoms with Crippen molar-refractivity contribution in [2.24, 2.45) is 0 Å². The zero-order chi connectivity index (χ0) is 9.68. The molecular formula is C11H23NO. The highest BCUT2D eigenvalue weighted by atomic mass is 16.5. The van der Waals surface area contributed by atoms with E-state index >= 15 is 0 Å². The van der Waals surface area contributed by atoms with Crippen LogP contribution in [-0.4, -0.2) is 24.8 Å². The van der Waals surface area contributed by atoms with E-state index in [9.17, 15) is 0 Å². The third-order valence-corrected chi connectivity index (χ3v) is 2.74. The van der Waals surface area contributed by atoms with Gasteiger partial charge in [-0.1, -0.05) is 13.3 Å². The second kappa shape index (κ2) is 5.61. The minimum atomic E-state index is 0.467. The predicted octanol–water partition coefficient (Wildman–Crippen LogP) is 2.33. The van der Waals surface area contributed by atoms with Crippen LogP contribution in [0.4, 0.5) is 0 Å². The average molecular weight is 185 g/mol. The Morgan fingerprint density at radius 1 is 1.46 bits per heavy atom. The smallest absolute Gasteiger partial charge is 0.0704 e. The molecule has 1 N–H and O–H groups in total. The average Bonchev–Trinajstić information content (AvgIpc) is 2.49.